The fraction of sp³-hybridized carbons (Fsp3) is 0.250. The summed E-state index contributed by atoms with van der Waals surface area (Å²) in [4.78, 5) is 41.2. The normalized spacial score (nSPS) is 24.5. The molecule has 1 fully saturated rings. The standard InChI is InChI=1S/C28H24N2O3/c1-15(2)29-26(31)16-11-13-17(14-12-16)30-27(32)24-22-18-7-3-4-8-19(18)23(25(24)28(30)33)21-10-6-5-9-20(21)22/h3-15,22-25H,1-2H3,(H,29,31)/t22?,23?,24-,25+. The molecular formula is C28H24N2O3. The molecule has 0 unspecified atom stereocenters. The summed E-state index contributed by atoms with van der Waals surface area (Å²) >= 11 is 0. The van der Waals surface area contributed by atoms with Crippen molar-refractivity contribution in [3.63, 3.8) is 0 Å². The molecule has 0 radical (unpaired) electrons. The zero-order valence-electron chi connectivity index (χ0n) is 18.5. The van der Waals surface area contributed by atoms with E-state index in [1.165, 1.54) is 4.90 Å². The van der Waals surface area contributed by atoms with Gasteiger partial charge in [-0.2, -0.15) is 0 Å². The minimum absolute atomic E-state index is 0.0285. The zero-order chi connectivity index (χ0) is 22.9. The van der Waals surface area contributed by atoms with E-state index in [9.17, 15) is 14.4 Å². The molecule has 1 saturated heterocycles. The summed E-state index contributed by atoms with van der Waals surface area (Å²) in [6.07, 6.45) is 0. The van der Waals surface area contributed by atoms with Gasteiger partial charge in [-0.25, -0.2) is 4.90 Å². The number of carbonyl (C=O) groups is 3. The fourth-order valence-electron chi connectivity index (χ4n) is 6.04. The van der Waals surface area contributed by atoms with Gasteiger partial charge in [0.2, 0.25) is 11.8 Å². The average molecular weight is 437 g/mol. The van der Waals surface area contributed by atoms with Crippen LogP contribution in [0.4, 0.5) is 5.69 Å². The topological polar surface area (TPSA) is 66.5 Å². The molecule has 1 aliphatic heterocycles. The highest BCUT2D eigenvalue weighted by Gasteiger charge is 2.61. The molecule has 0 aromatic heterocycles. The van der Waals surface area contributed by atoms with Crippen molar-refractivity contribution >= 4 is 23.4 Å². The molecule has 5 nitrogen and oxygen atoms in total. The van der Waals surface area contributed by atoms with Gasteiger partial charge < -0.3 is 5.32 Å². The van der Waals surface area contributed by atoms with Gasteiger partial charge in [-0.15, -0.1) is 0 Å². The summed E-state index contributed by atoms with van der Waals surface area (Å²) < 4.78 is 0. The number of anilines is 1. The maximum Gasteiger partial charge on any atom is 0.251 e. The predicted molar refractivity (Wildman–Crippen MR) is 125 cm³/mol. The van der Waals surface area contributed by atoms with Crippen molar-refractivity contribution in [3.8, 4) is 0 Å². The second kappa shape index (κ2) is 7.14. The highest BCUT2D eigenvalue weighted by Crippen LogP contribution is 2.61. The second-order valence-electron chi connectivity index (χ2n) is 9.45. The maximum atomic E-state index is 13.8. The summed E-state index contributed by atoms with van der Waals surface area (Å²) in [6, 6.07) is 23.2. The van der Waals surface area contributed by atoms with E-state index in [-0.39, 0.29) is 35.6 Å². The van der Waals surface area contributed by atoms with E-state index in [0.717, 1.165) is 22.3 Å². The van der Waals surface area contributed by atoms with Gasteiger partial charge in [0.05, 0.1) is 17.5 Å². The quantitative estimate of drug-likeness (QED) is 0.625. The zero-order valence-corrected chi connectivity index (χ0v) is 18.5. The van der Waals surface area contributed by atoms with Crippen molar-refractivity contribution in [2.75, 3.05) is 4.90 Å². The van der Waals surface area contributed by atoms with Crippen LogP contribution in [0.3, 0.4) is 0 Å². The Morgan fingerprint density at radius 2 is 1.15 bits per heavy atom. The van der Waals surface area contributed by atoms with E-state index in [2.05, 4.69) is 29.6 Å². The average Bonchev–Trinajstić information content (AvgIpc) is 3.09. The van der Waals surface area contributed by atoms with Crippen molar-refractivity contribution < 1.29 is 14.4 Å². The SMILES string of the molecule is CC(C)NC(=O)c1ccc(N2C(=O)[C@@H]3C4c5ccccc5C(c5ccccc54)[C@@H]3C2=O)cc1. The maximum absolute atomic E-state index is 13.8. The van der Waals surface area contributed by atoms with Gasteiger partial charge >= 0.3 is 0 Å². The lowest BCUT2D eigenvalue weighted by Gasteiger charge is -2.45. The van der Waals surface area contributed by atoms with Gasteiger partial charge in [-0.3, -0.25) is 14.4 Å². The first-order valence-electron chi connectivity index (χ1n) is 11.4. The second-order valence-corrected chi connectivity index (χ2v) is 9.45. The number of hydrogen-bond donors (Lipinski definition) is 1. The van der Waals surface area contributed by atoms with Crippen LogP contribution >= 0.6 is 0 Å². The molecule has 4 aliphatic rings. The Balaban J connectivity index is 1.41. The third-order valence-corrected chi connectivity index (χ3v) is 7.26. The van der Waals surface area contributed by atoms with Crippen LogP contribution in [0.25, 0.3) is 0 Å². The number of nitrogens with one attached hydrogen (secondary N) is 1. The number of benzene rings is 3. The van der Waals surface area contributed by atoms with E-state index in [0.29, 0.717) is 11.3 Å². The minimum Gasteiger partial charge on any atom is -0.350 e. The molecular weight excluding hydrogens is 412 g/mol. The fourth-order valence-corrected chi connectivity index (χ4v) is 6.04. The van der Waals surface area contributed by atoms with Crippen LogP contribution in [0.1, 0.15) is 58.3 Å². The van der Waals surface area contributed by atoms with Crippen LogP contribution in [0.5, 0.6) is 0 Å². The van der Waals surface area contributed by atoms with Crippen molar-refractivity contribution in [2.24, 2.45) is 11.8 Å². The molecule has 3 aromatic rings. The van der Waals surface area contributed by atoms with Gasteiger partial charge in [-0.05, 0) is 60.4 Å². The van der Waals surface area contributed by atoms with Crippen LogP contribution in [0, 0.1) is 11.8 Å². The number of imide groups is 1. The van der Waals surface area contributed by atoms with E-state index < -0.39 is 11.8 Å². The lowest BCUT2D eigenvalue weighted by molar-refractivity contribution is -0.122. The molecule has 3 amide bonds. The smallest absolute Gasteiger partial charge is 0.251 e. The molecule has 5 heteroatoms. The van der Waals surface area contributed by atoms with Crippen molar-refractivity contribution in [1.29, 1.82) is 0 Å². The van der Waals surface area contributed by atoms with Gasteiger partial charge in [0.15, 0.2) is 0 Å². The van der Waals surface area contributed by atoms with Gasteiger partial charge in [0.1, 0.15) is 0 Å². The Kier molecular flexibility index (Phi) is 4.31. The Labute approximate surface area is 192 Å². The van der Waals surface area contributed by atoms with Gasteiger partial charge in [-0.1, -0.05) is 48.5 Å². The van der Waals surface area contributed by atoms with E-state index in [1.807, 2.05) is 38.1 Å². The summed E-state index contributed by atoms with van der Waals surface area (Å²) in [5, 5.41) is 2.86. The molecule has 0 saturated carbocycles. The molecule has 2 bridgehead atoms. The van der Waals surface area contributed by atoms with Crippen LogP contribution < -0.4 is 10.2 Å². The third-order valence-electron chi connectivity index (χ3n) is 7.26. The minimum atomic E-state index is -0.406. The van der Waals surface area contributed by atoms with Crippen LogP contribution in [-0.4, -0.2) is 23.8 Å². The molecule has 7 rings (SSSR count). The van der Waals surface area contributed by atoms with Crippen molar-refractivity contribution in [2.45, 2.75) is 31.7 Å². The Bertz CT molecular complexity index is 1200. The lowest BCUT2D eigenvalue weighted by Crippen LogP contribution is -2.41. The molecule has 1 heterocycles. The first-order valence-corrected chi connectivity index (χ1v) is 11.4. The Morgan fingerprint density at radius 1 is 0.727 bits per heavy atom. The number of amides is 3. The summed E-state index contributed by atoms with van der Waals surface area (Å²) in [6.45, 7) is 3.81. The summed E-state index contributed by atoms with van der Waals surface area (Å²) in [5.41, 5.74) is 5.66. The first kappa shape index (κ1) is 19.9. The largest absolute Gasteiger partial charge is 0.350 e. The highest BCUT2D eigenvalue weighted by molar-refractivity contribution is 6.23. The molecule has 2 atom stereocenters. The predicted octanol–water partition coefficient (Wildman–Crippen LogP) is 4.22. The number of hydrogen-bond acceptors (Lipinski definition) is 3. The number of nitrogens with zero attached hydrogens (tertiary/aromatic N) is 1. The van der Waals surface area contributed by atoms with E-state index >= 15 is 0 Å². The van der Waals surface area contributed by atoms with Crippen molar-refractivity contribution in [1.82, 2.24) is 5.32 Å². The molecule has 1 N–H and O–H groups in total. The first-order chi connectivity index (χ1) is 16.0. The number of rotatable bonds is 3. The molecule has 0 spiro atoms. The molecule has 3 aromatic carbocycles. The van der Waals surface area contributed by atoms with Crippen LogP contribution in [-0.2, 0) is 9.59 Å². The molecule has 164 valence electrons. The Hall–Kier alpha value is -3.73. The van der Waals surface area contributed by atoms with Crippen LogP contribution in [0.15, 0.2) is 72.8 Å². The van der Waals surface area contributed by atoms with E-state index in [1.54, 1.807) is 24.3 Å². The molecule has 33 heavy (non-hydrogen) atoms. The van der Waals surface area contributed by atoms with Gasteiger partial charge in [0, 0.05) is 23.4 Å². The number of carbonyl (C=O) groups excluding carboxylic acids is 3. The van der Waals surface area contributed by atoms with E-state index in [4.69, 9.17) is 0 Å². The summed E-state index contributed by atoms with van der Waals surface area (Å²) in [5.74, 6) is -1.53. The van der Waals surface area contributed by atoms with Crippen molar-refractivity contribution in [3.05, 3.63) is 101 Å². The van der Waals surface area contributed by atoms with Gasteiger partial charge in [0.25, 0.3) is 5.91 Å². The van der Waals surface area contributed by atoms with Crippen LogP contribution in [0.2, 0.25) is 0 Å². The lowest BCUT2D eigenvalue weighted by atomic mass is 9.55. The summed E-state index contributed by atoms with van der Waals surface area (Å²) in [7, 11) is 0. The monoisotopic (exact) mass is 436 g/mol. The highest BCUT2D eigenvalue weighted by atomic mass is 16.2. The Morgan fingerprint density at radius 3 is 1.55 bits per heavy atom. The molecule has 3 aliphatic carbocycles. The third kappa shape index (κ3) is 2.75.